The molecule has 3 heterocycles. The molecule has 0 bridgehead atoms. The van der Waals surface area contributed by atoms with E-state index in [0.29, 0.717) is 44.2 Å². The van der Waals surface area contributed by atoms with E-state index in [2.05, 4.69) is 39.8 Å². The number of anilines is 2. The number of alkyl halides is 3. The van der Waals surface area contributed by atoms with Crippen molar-refractivity contribution in [2.45, 2.75) is 38.9 Å². The van der Waals surface area contributed by atoms with Gasteiger partial charge in [0.05, 0.1) is 0 Å². The smallest absolute Gasteiger partial charge is 0.380 e. The minimum absolute atomic E-state index is 0.00161. The number of carbonyl (C=O) groups excluding carboxylic acids is 1. The van der Waals surface area contributed by atoms with Crippen LogP contribution in [0.3, 0.4) is 0 Å². The second-order valence-electron chi connectivity index (χ2n) is 8.85. The Balaban J connectivity index is 1.33. The Morgan fingerprint density at radius 2 is 1.79 bits per heavy atom. The number of nitrogens with one attached hydrogen (secondary N) is 2. The van der Waals surface area contributed by atoms with Crippen LogP contribution in [-0.2, 0) is 11.0 Å². The first-order valence-corrected chi connectivity index (χ1v) is 11.4. The fraction of sp³-hybridized carbons (Fsp3) is 0.478. The van der Waals surface area contributed by atoms with Crippen LogP contribution in [0.25, 0.3) is 5.65 Å². The van der Waals surface area contributed by atoms with E-state index in [0.717, 1.165) is 10.2 Å². The summed E-state index contributed by atoms with van der Waals surface area (Å²) in [5.41, 5.74) is 1.05. The molecule has 2 aromatic heterocycles. The van der Waals surface area contributed by atoms with Gasteiger partial charge < -0.3 is 15.5 Å². The number of hydrogen-bond acceptors (Lipinski definition) is 6. The number of para-hydroxylation sites is 1. The highest BCUT2D eigenvalue weighted by Gasteiger charge is 2.38. The van der Waals surface area contributed by atoms with Crippen LogP contribution in [0.15, 0.2) is 42.5 Å². The molecule has 2 N–H and O–H groups in total. The van der Waals surface area contributed by atoms with Crippen molar-refractivity contribution in [1.29, 1.82) is 0 Å². The van der Waals surface area contributed by atoms with E-state index in [1.807, 2.05) is 35.2 Å². The Hall–Kier alpha value is -3.37. The number of halogens is 3. The van der Waals surface area contributed by atoms with Crippen LogP contribution < -0.4 is 15.5 Å². The molecule has 3 aromatic rings. The molecule has 8 nitrogen and oxygen atoms in total. The molecule has 1 atom stereocenters. The molecule has 0 saturated carbocycles. The molecule has 1 aliphatic heterocycles. The molecule has 1 fully saturated rings. The Kier molecular flexibility index (Phi) is 6.90. The number of nitrogens with zero attached hydrogens (tertiary/aromatic N) is 5. The van der Waals surface area contributed by atoms with E-state index in [-0.39, 0.29) is 23.5 Å². The molecule has 11 heteroatoms. The molecule has 0 aliphatic carbocycles. The van der Waals surface area contributed by atoms with Crippen LogP contribution in [0.4, 0.5) is 24.7 Å². The predicted octanol–water partition coefficient (Wildman–Crippen LogP) is 3.61. The van der Waals surface area contributed by atoms with Gasteiger partial charge in [0.1, 0.15) is 5.82 Å². The molecular weight excluding hydrogens is 447 g/mol. The molecule has 34 heavy (non-hydrogen) atoms. The van der Waals surface area contributed by atoms with Gasteiger partial charge in [-0.3, -0.25) is 4.79 Å². The molecule has 1 aromatic carbocycles. The number of piperidine rings is 1. The zero-order chi connectivity index (χ0) is 24.3. The van der Waals surface area contributed by atoms with E-state index in [1.165, 1.54) is 6.07 Å². The zero-order valence-electron chi connectivity index (χ0n) is 19.1. The van der Waals surface area contributed by atoms with Crippen LogP contribution in [0.2, 0.25) is 0 Å². The van der Waals surface area contributed by atoms with Crippen molar-refractivity contribution in [1.82, 2.24) is 25.1 Å². The average molecular weight is 476 g/mol. The van der Waals surface area contributed by atoms with E-state index in [4.69, 9.17) is 0 Å². The summed E-state index contributed by atoms with van der Waals surface area (Å²) in [5, 5.41) is 17.4. The highest BCUT2D eigenvalue weighted by Crippen LogP contribution is 2.28. The first-order valence-electron chi connectivity index (χ1n) is 11.4. The average Bonchev–Trinajstić information content (AvgIpc) is 3.26. The van der Waals surface area contributed by atoms with Crippen molar-refractivity contribution in [3.8, 4) is 0 Å². The number of aromatic nitrogens is 4. The summed E-state index contributed by atoms with van der Waals surface area (Å²) in [5.74, 6) is -0.569. The molecule has 4 rings (SSSR count). The van der Waals surface area contributed by atoms with E-state index < -0.39 is 12.0 Å². The van der Waals surface area contributed by atoms with Gasteiger partial charge in [0.2, 0.25) is 5.91 Å². The van der Waals surface area contributed by atoms with E-state index in [9.17, 15) is 18.0 Å². The molecule has 1 amide bonds. The summed E-state index contributed by atoms with van der Waals surface area (Å²) >= 11 is 0. The lowest BCUT2D eigenvalue weighted by atomic mass is 9.95. The van der Waals surface area contributed by atoms with Gasteiger partial charge in [0.25, 0.3) is 5.82 Å². The highest BCUT2D eigenvalue weighted by atomic mass is 19.4. The van der Waals surface area contributed by atoms with E-state index >= 15 is 0 Å². The van der Waals surface area contributed by atoms with E-state index in [1.54, 1.807) is 6.07 Å². The summed E-state index contributed by atoms with van der Waals surface area (Å²) in [6.07, 6.45) is -3.45. The molecule has 182 valence electrons. The summed E-state index contributed by atoms with van der Waals surface area (Å²) in [6, 6.07) is 13.1. The van der Waals surface area contributed by atoms with Crippen LogP contribution in [-0.4, -0.2) is 51.4 Å². The lowest BCUT2D eigenvalue weighted by Gasteiger charge is -2.32. The molecule has 1 aliphatic rings. The van der Waals surface area contributed by atoms with Crippen molar-refractivity contribution in [2.75, 3.05) is 29.9 Å². The lowest BCUT2D eigenvalue weighted by Crippen LogP contribution is -2.45. The second kappa shape index (κ2) is 9.86. The van der Waals surface area contributed by atoms with Crippen LogP contribution in [0.1, 0.15) is 32.5 Å². The molecule has 0 spiro atoms. The fourth-order valence-corrected chi connectivity index (χ4v) is 4.05. The topological polar surface area (TPSA) is 87.5 Å². The predicted molar refractivity (Wildman–Crippen MR) is 122 cm³/mol. The second-order valence-corrected chi connectivity index (χ2v) is 8.85. The normalized spacial score (nSPS) is 16.1. The van der Waals surface area contributed by atoms with Crippen molar-refractivity contribution in [3.63, 3.8) is 0 Å². The van der Waals surface area contributed by atoms with Gasteiger partial charge in [-0.25, -0.2) is 0 Å². The number of hydrogen-bond donors (Lipinski definition) is 2. The Labute approximate surface area is 195 Å². The minimum atomic E-state index is -4.64. The van der Waals surface area contributed by atoms with Gasteiger partial charge in [-0.05, 0) is 43.0 Å². The van der Waals surface area contributed by atoms with Gasteiger partial charge in [0, 0.05) is 37.3 Å². The third-order valence-electron chi connectivity index (χ3n) is 6.12. The first-order chi connectivity index (χ1) is 16.2. The minimum Gasteiger partial charge on any atom is -0.380 e. The zero-order valence-corrected chi connectivity index (χ0v) is 19.1. The van der Waals surface area contributed by atoms with Crippen molar-refractivity contribution < 1.29 is 18.0 Å². The van der Waals surface area contributed by atoms with Gasteiger partial charge in [0.15, 0.2) is 5.65 Å². The Morgan fingerprint density at radius 1 is 1.09 bits per heavy atom. The van der Waals surface area contributed by atoms with Gasteiger partial charge >= 0.3 is 6.18 Å². The monoisotopic (exact) mass is 475 g/mol. The number of amides is 1. The summed E-state index contributed by atoms with van der Waals surface area (Å²) in [6.45, 7) is 5.77. The number of carbonyl (C=O) groups is 1. The summed E-state index contributed by atoms with van der Waals surface area (Å²) in [4.78, 5) is 14.7. The SMILES string of the molecule is CC(C)C(CNC(=O)C1CCN(c2ccc3nnc(C(F)(F)F)n3n2)CC1)Nc1ccccc1. The van der Waals surface area contributed by atoms with Gasteiger partial charge in [-0.15, -0.1) is 15.3 Å². The third kappa shape index (κ3) is 5.40. The first kappa shape index (κ1) is 23.8. The van der Waals surface area contributed by atoms with Crippen molar-refractivity contribution in [2.24, 2.45) is 11.8 Å². The number of rotatable bonds is 7. The fourth-order valence-electron chi connectivity index (χ4n) is 4.05. The molecule has 1 saturated heterocycles. The van der Waals surface area contributed by atoms with Crippen molar-refractivity contribution >= 4 is 23.1 Å². The van der Waals surface area contributed by atoms with Crippen LogP contribution in [0, 0.1) is 11.8 Å². The lowest BCUT2D eigenvalue weighted by molar-refractivity contribution is -0.146. The Morgan fingerprint density at radius 3 is 2.44 bits per heavy atom. The van der Waals surface area contributed by atoms with Crippen LogP contribution in [0.5, 0.6) is 0 Å². The van der Waals surface area contributed by atoms with Gasteiger partial charge in [-0.1, -0.05) is 32.0 Å². The number of benzene rings is 1. The quantitative estimate of drug-likeness (QED) is 0.543. The van der Waals surface area contributed by atoms with Crippen molar-refractivity contribution in [3.05, 3.63) is 48.3 Å². The Bertz CT molecular complexity index is 1110. The maximum Gasteiger partial charge on any atom is 0.453 e. The maximum atomic E-state index is 13.1. The highest BCUT2D eigenvalue weighted by molar-refractivity contribution is 5.79. The molecule has 1 unspecified atom stereocenters. The van der Waals surface area contributed by atoms with Gasteiger partial charge in [-0.2, -0.15) is 17.7 Å². The van der Waals surface area contributed by atoms with Crippen LogP contribution >= 0.6 is 0 Å². The largest absolute Gasteiger partial charge is 0.453 e. The summed E-state index contributed by atoms with van der Waals surface area (Å²) in [7, 11) is 0. The third-order valence-corrected chi connectivity index (χ3v) is 6.12. The number of fused-ring (bicyclic) bond motifs is 1. The molecule has 0 radical (unpaired) electrons. The molecular formula is C23H28F3N7O. The standard InChI is InChI=1S/C23H28F3N7O/c1-15(2)18(28-17-6-4-3-5-7-17)14-27-21(34)16-10-12-32(13-11-16)20-9-8-19-29-30-22(23(24,25)26)33(19)31-20/h3-9,15-16,18,28H,10-14H2,1-2H3,(H,27,34). The summed E-state index contributed by atoms with van der Waals surface area (Å²) < 4.78 is 40.1. The maximum absolute atomic E-state index is 13.1.